The molecule has 5 nitrogen and oxygen atoms in total. The zero-order valence-corrected chi connectivity index (χ0v) is 12.0. The topological polar surface area (TPSA) is 66.5 Å². The zero-order valence-electron chi connectivity index (χ0n) is 11.2. The van der Waals surface area contributed by atoms with Crippen LogP contribution in [0.2, 0.25) is 0 Å². The summed E-state index contributed by atoms with van der Waals surface area (Å²) in [6.45, 7) is 1.96. The zero-order chi connectivity index (χ0) is 14.3. The van der Waals surface area contributed by atoms with Gasteiger partial charge in [0.15, 0.2) is 0 Å². The average Bonchev–Trinajstić information content (AvgIpc) is 3.22. The van der Waals surface area contributed by atoms with Crippen LogP contribution in [0.5, 0.6) is 0 Å². The van der Waals surface area contributed by atoms with Crippen LogP contribution in [0.15, 0.2) is 34.9 Å². The van der Waals surface area contributed by atoms with E-state index in [0.717, 1.165) is 12.8 Å². The third-order valence-electron chi connectivity index (χ3n) is 3.48. The quantitative estimate of drug-likeness (QED) is 0.914. The molecule has 1 aromatic rings. The van der Waals surface area contributed by atoms with Gasteiger partial charge in [-0.15, -0.1) is 0 Å². The molecule has 1 fully saturated rings. The van der Waals surface area contributed by atoms with Gasteiger partial charge in [-0.1, -0.05) is 18.2 Å². The molecule has 0 aromatic heterocycles. The Balaban J connectivity index is 2.08. The van der Waals surface area contributed by atoms with Crippen molar-refractivity contribution in [2.75, 3.05) is 6.54 Å². The third kappa shape index (κ3) is 2.10. The van der Waals surface area contributed by atoms with Crippen LogP contribution < -0.4 is 5.32 Å². The minimum Gasteiger partial charge on any atom is -0.348 e. The molecule has 2 aliphatic rings. The third-order valence-corrected chi connectivity index (χ3v) is 5.44. The summed E-state index contributed by atoms with van der Waals surface area (Å²) in [5.41, 5.74) is 0.774. The number of rotatable bonds is 3. The Bertz CT molecular complexity index is 690. The number of carbonyl (C=O) groups is 1. The molecule has 0 saturated heterocycles. The van der Waals surface area contributed by atoms with E-state index in [1.54, 1.807) is 37.3 Å². The number of benzene rings is 1. The lowest BCUT2D eigenvalue weighted by Gasteiger charge is -2.29. The van der Waals surface area contributed by atoms with Gasteiger partial charge >= 0.3 is 0 Å². The Labute approximate surface area is 118 Å². The lowest BCUT2D eigenvalue weighted by Crippen LogP contribution is -2.41. The number of hydrogen-bond acceptors (Lipinski definition) is 3. The molecule has 3 rings (SSSR count). The molecule has 1 saturated carbocycles. The minimum absolute atomic E-state index is 0.196. The molecular formula is C14H16N2O3S. The van der Waals surface area contributed by atoms with Crippen molar-refractivity contribution in [1.29, 1.82) is 0 Å². The summed E-state index contributed by atoms with van der Waals surface area (Å²) < 4.78 is 26.3. The molecule has 20 heavy (non-hydrogen) atoms. The predicted molar refractivity (Wildman–Crippen MR) is 75.1 cm³/mol. The first-order valence-electron chi connectivity index (χ1n) is 6.68. The van der Waals surface area contributed by atoms with Gasteiger partial charge in [0.05, 0.1) is 4.90 Å². The normalized spacial score (nSPS) is 20.1. The number of hydrogen-bond donors (Lipinski definition) is 1. The number of amides is 1. The van der Waals surface area contributed by atoms with Crippen molar-refractivity contribution >= 4 is 22.0 Å². The maximum absolute atomic E-state index is 12.6. The first-order valence-corrected chi connectivity index (χ1v) is 8.12. The van der Waals surface area contributed by atoms with Crippen molar-refractivity contribution in [1.82, 2.24) is 9.62 Å². The molecule has 0 bridgehead atoms. The first kappa shape index (κ1) is 13.2. The molecule has 1 amide bonds. The van der Waals surface area contributed by atoms with Gasteiger partial charge in [0.1, 0.15) is 5.70 Å². The van der Waals surface area contributed by atoms with Gasteiger partial charge in [-0.2, -0.15) is 0 Å². The molecule has 0 atom stereocenters. The standard InChI is InChI=1S/C14H16N2O3S/c1-2-16-12(14(17)15-11-7-8-11)9-10-5-3-4-6-13(10)20(16,18)19/h3-6,9,11H,2,7-8H2,1H3,(H,15,17). The summed E-state index contributed by atoms with van der Waals surface area (Å²) in [6.07, 6.45) is 3.58. The molecule has 1 aliphatic carbocycles. The Hall–Kier alpha value is -1.82. The molecule has 0 spiro atoms. The first-order chi connectivity index (χ1) is 9.54. The van der Waals surface area contributed by atoms with Crippen LogP contribution in [0.3, 0.4) is 0 Å². The summed E-state index contributed by atoms with van der Waals surface area (Å²) in [6, 6.07) is 6.93. The largest absolute Gasteiger partial charge is 0.348 e. The van der Waals surface area contributed by atoms with Crippen LogP contribution >= 0.6 is 0 Å². The predicted octanol–water partition coefficient (Wildman–Crippen LogP) is 1.33. The van der Waals surface area contributed by atoms with E-state index in [9.17, 15) is 13.2 Å². The van der Waals surface area contributed by atoms with Gasteiger partial charge in [-0.25, -0.2) is 8.42 Å². The monoisotopic (exact) mass is 292 g/mol. The molecule has 1 heterocycles. The second kappa shape index (κ2) is 4.63. The van der Waals surface area contributed by atoms with E-state index in [1.807, 2.05) is 0 Å². The molecule has 106 valence electrons. The maximum Gasteiger partial charge on any atom is 0.268 e. The van der Waals surface area contributed by atoms with Gasteiger partial charge in [-0.05, 0) is 37.5 Å². The number of carbonyl (C=O) groups excluding carboxylic acids is 1. The molecule has 0 unspecified atom stereocenters. The maximum atomic E-state index is 12.6. The fraction of sp³-hybridized carbons (Fsp3) is 0.357. The van der Waals surface area contributed by atoms with Gasteiger partial charge in [0.2, 0.25) is 0 Å². The van der Waals surface area contributed by atoms with Crippen molar-refractivity contribution in [3.8, 4) is 0 Å². The number of sulfonamides is 1. The Morgan fingerprint density at radius 3 is 2.70 bits per heavy atom. The Kier molecular flexibility index (Phi) is 3.05. The van der Waals surface area contributed by atoms with Gasteiger partial charge < -0.3 is 5.32 Å². The highest BCUT2D eigenvalue weighted by molar-refractivity contribution is 7.89. The van der Waals surface area contributed by atoms with Crippen LogP contribution in [0.1, 0.15) is 25.3 Å². The molecule has 1 aliphatic heterocycles. The van der Waals surface area contributed by atoms with Gasteiger partial charge in [0.25, 0.3) is 15.9 Å². The summed E-state index contributed by atoms with van der Waals surface area (Å²) in [5.74, 6) is -0.313. The van der Waals surface area contributed by atoms with E-state index in [2.05, 4.69) is 5.32 Å². The highest BCUT2D eigenvalue weighted by Crippen LogP contribution is 2.31. The summed E-state index contributed by atoms with van der Waals surface area (Å²) >= 11 is 0. The van der Waals surface area contributed by atoms with Crippen molar-refractivity contribution in [3.05, 3.63) is 35.5 Å². The number of nitrogens with one attached hydrogen (secondary N) is 1. The van der Waals surface area contributed by atoms with E-state index in [4.69, 9.17) is 0 Å². The lowest BCUT2D eigenvalue weighted by atomic mass is 10.1. The van der Waals surface area contributed by atoms with Crippen molar-refractivity contribution in [3.63, 3.8) is 0 Å². The van der Waals surface area contributed by atoms with Gasteiger partial charge in [-0.3, -0.25) is 9.10 Å². The van der Waals surface area contributed by atoms with E-state index in [1.165, 1.54) is 4.31 Å². The van der Waals surface area contributed by atoms with E-state index < -0.39 is 10.0 Å². The Morgan fingerprint density at radius 2 is 2.05 bits per heavy atom. The van der Waals surface area contributed by atoms with E-state index >= 15 is 0 Å². The lowest BCUT2D eigenvalue weighted by molar-refractivity contribution is -0.118. The SMILES string of the molecule is CCN1C(C(=O)NC2CC2)=Cc2ccccc2S1(=O)=O. The average molecular weight is 292 g/mol. The minimum atomic E-state index is -3.64. The molecule has 6 heteroatoms. The molecule has 1 N–H and O–H groups in total. The molecule has 1 aromatic carbocycles. The fourth-order valence-electron chi connectivity index (χ4n) is 2.31. The fourth-order valence-corrected chi connectivity index (χ4v) is 3.96. The van der Waals surface area contributed by atoms with E-state index in [-0.39, 0.29) is 29.1 Å². The number of likely N-dealkylation sites (N-methyl/N-ethyl adjacent to an activating group) is 1. The van der Waals surface area contributed by atoms with Crippen LogP contribution in [0, 0.1) is 0 Å². The summed E-state index contributed by atoms with van der Waals surface area (Å²) in [7, 11) is -3.64. The number of nitrogens with zero attached hydrogens (tertiary/aromatic N) is 1. The van der Waals surface area contributed by atoms with Crippen molar-refractivity contribution in [2.24, 2.45) is 0 Å². The number of fused-ring (bicyclic) bond motifs is 1. The van der Waals surface area contributed by atoms with Crippen LogP contribution in [0.25, 0.3) is 6.08 Å². The summed E-state index contributed by atoms with van der Waals surface area (Å²) in [5, 5.41) is 2.84. The molecule has 0 radical (unpaired) electrons. The smallest absolute Gasteiger partial charge is 0.268 e. The molecular weight excluding hydrogens is 276 g/mol. The summed E-state index contributed by atoms with van der Waals surface area (Å²) in [4.78, 5) is 12.5. The van der Waals surface area contributed by atoms with Crippen LogP contribution in [-0.4, -0.2) is 31.2 Å². The Morgan fingerprint density at radius 1 is 1.35 bits per heavy atom. The van der Waals surface area contributed by atoms with Crippen LogP contribution in [-0.2, 0) is 14.8 Å². The van der Waals surface area contributed by atoms with Crippen molar-refractivity contribution < 1.29 is 13.2 Å². The second-order valence-corrected chi connectivity index (χ2v) is 6.82. The van der Waals surface area contributed by atoms with Gasteiger partial charge in [0, 0.05) is 12.6 Å². The highest BCUT2D eigenvalue weighted by atomic mass is 32.2. The van der Waals surface area contributed by atoms with E-state index in [0.29, 0.717) is 5.56 Å². The highest BCUT2D eigenvalue weighted by Gasteiger charge is 2.35. The van der Waals surface area contributed by atoms with Crippen LogP contribution in [0.4, 0.5) is 0 Å². The second-order valence-electron chi connectivity index (χ2n) is 4.98. The van der Waals surface area contributed by atoms with Crippen molar-refractivity contribution in [2.45, 2.75) is 30.7 Å².